The van der Waals surface area contributed by atoms with E-state index in [1.807, 2.05) is 50.9 Å². The number of nitrogens with one attached hydrogen (secondary N) is 1. The minimum absolute atomic E-state index is 0.103. The zero-order valence-corrected chi connectivity index (χ0v) is 21.8. The van der Waals surface area contributed by atoms with E-state index in [0.29, 0.717) is 24.5 Å². The monoisotopic (exact) mass is 496 g/mol. The number of fused-ring (bicyclic) bond motifs is 1. The summed E-state index contributed by atoms with van der Waals surface area (Å²) in [5, 5.41) is 7.95. The van der Waals surface area contributed by atoms with Gasteiger partial charge in [0.25, 0.3) is 0 Å². The molecule has 3 aliphatic rings. The first-order valence-corrected chi connectivity index (χ1v) is 12.9. The molecular formula is C27H36N4O5. The van der Waals surface area contributed by atoms with E-state index in [9.17, 15) is 14.4 Å². The van der Waals surface area contributed by atoms with E-state index in [4.69, 9.17) is 9.47 Å². The van der Waals surface area contributed by atoms with Crippen molar-refractivity contribution in [3.05, 3.63) is 23.9 Å². The molecule has 36 heavy (non-hydrogen) atoms. The van der Waals surface area contributed by atoms with Gasteiger partial charge in [-0.15, -0.1) is 0 Å². The van der Waals surface area contributed by atoms with Crippen molar-refractivity contribution < 1.29 is 23.9 Å². The van der Waals surface area contributed by atoms with E-state index in [1.165, 1.54) is 0 Å². The molecule has 1 aliphatic carbocycles. The van der Waals surface area contributed by atoms with E-state index >= 15 is 0 Å². The summed E-state index contributed by atoms with van der Waals surface area (Å²) in [6.45, 7) is 9.41. The first kappa shape index (κ1) is 24.6. The molecule has 0 radical (unpaired) electrons. The number of benzene rings is 1. The van der Waals surface area contributed by atoms with Crippen LogP contribution in [0, 0.1) is 11.3 Å². The minimum Gasteiger partial charge on any atom is -0.490 e. The molecule has 1 N–H and O–H groups in total. The first-order chi connectivity index (χ1) is 16.9. The van der Waals surface area contributed by atoms with Gasteiger partial charge in [0, 0.05) is 43.4 Å². The lowest BCUT2D eigenvalue weighted by atomic mass is 9.64. The molecule has 3 heterocycles. The molecule has 9 heteroatoms. The number of rotatable bonds is 3. The third kappa shape index (κ3) is 4.67. The number of amides is 3. The van der Waals surface area contributed by atoms with Crippen LogP contribution in [-0.2, 0) is 21.4 Å². The second kappa shape index (κ2) is 8.78. The Morgan fingerprint density at radius 3 is 2.61 bits per heavy atom. The zero-order chi connectivity index (χ0) is 25.8. The van der Waals surface area contributed by atoms with Crippen LogP contribution < -0.4 is 10.1 Å². The number of piperidine rings is 1. The normalized spacial score (nSPS) is 26.0. The second-order valence-electron chi connectivity index (χ2n) is 11.9. The fourth-order valence-corrected chi connectivity index (χ4v) is 6.06. The molecule has 1 spiro atoms. The van der Waals surface area contributed by atoms with Gasteiger partial charge >= 0.3 is 6.09 Å². The Balaban J connectivity index is 1.23. The fraction of sp³-hybridized carbons (Fsp3) is 0.630. The molecule has 3 amide bonds. The van der Waals surface area contributed by atoms with Crippen molar-refractivity contribution in [1.82, 2.24) is 20.0 Å². The zero-order valence-electron chi connectivity index (χ0n) is 21.8. The summed E-state index contributed by atoms with van der Waals surface area (Å²) in [4.78, 5) is 38.1. The van der Waals surface area contributed by atoms with Crippen LogP contribution >= 0.6 is 0 Å². The molecule has 0 bridgehead atoms. The van der Waals surface area contributed by atoms with Crippen LogP contribution in [0.2, 0.25) is 0 Å². The molecule has 3 fully saturated rings. The van der Waals surface area contributed by atoms with Crippen molar-refractivity contribution in [3.8, 4) is 5.75 Å². The van der Waals surface area contributed by atoms with Crippen LogP contribution in [0.25, 0.3) is 10.9 Å². The van der Waals surface area contributed by atoms with Crippen LogP contribution in [0.1, 0.15) is 71.4 Å². The fourth-order valence-electron chi connectivity index (χ4n) is 6.06. The van der Waals surface area contributed by atoms with E-state index in [2.05, 4.69) is 17.3 Å². The first-order valence-electron chi connectivity index (χ1n) is 12.9. The Hall–Kier alpha value is -3.10. The Labute approximate surface area is 211 Å². The van der Waals surface area contributed by atoms with E-state index in [1.54, 1.807) is 4.68 Å². The molecule has 2 saturated heterocycles. The van der Waals surface area contributed by atoms with Crippen molar-refractivity contribution in [2.24, 2.45) is 18.4 Å². The molecule has 194 valence electrons. The third-order valence-electron chi connectivity index (χ3n) is 7.76. The molecule has 9 nitrogen and oxygen atoms in total. The Kier molecular flexibility index (Phi) is 6.00. The molecule has 1 aromatic carbocycles. The van der Waals surface area contributed by atoms with E-state index < -0.39 is 11.5 Å². The van der Waals surface area contributed by atoms with Gasteiger partial charge in [-0.1, -0.05) is 6.92 Å². The molecule has 2 aromatic rings. The van der Waals surface area contributed by atoms with Crippen molar-refractivity contribution in [3.63, 3.8) is 0 Å². The van der Waals surface area contributed by atoms with Crippen LogP contribution in [-0.4, -0.2) is 57.4 Å². The molecule has 1 unspecified atom stereocenters. The number of nitrogens with zero attached hydrogens (tertiary/aromatic N) is 3. The molecule has 5 rings (SSSR count). The summed E-state index contributed by atoms with van der Waals surface area (Å²) in [5.74, 6) is 0.223. The van der Waals surface area contributed by atoms with Gasteiger partial charge in [-0.25, -0.2) is 4.79 Å². The van der Waals surface area contributed by atoms with Gasteiger partial charge in [0.15, 0.2) is 0 Å². The van der Waals surface area contributed by atoms with Crippen molar-refractivity contribution >= 4 is 28.8 Å². The lowest BCUT2D eigenvalue weighted by Crippen LogP contribution is -2.61. The maximum absolute atomic E-state index is 12.4. The molecule has 2 aliphatic heterocycles. The number of carbonyl (C=O) groups is 3. The topological polar surface area (TPSA) is 103 Å². The Morgan fingerprint density at radius 2 is 1.94 bits per heavy atom. The van der Waals surface area contributed by atoms with Crippen molar-refractivity contribution in [2.45, 2.75) is 77.4 Å². The maximum Gasteiger partial charge on any atom is 0.410 e. The largest absolute Gasteiger partial charge is 0.490 e. The van der Waals surface area contributed by atoms with Gasteiger partial charge in [-0.05, 0) is 64.5 Å². The summed E-state index contributed by atoms with van der Waals surface area (Å²) in [7, 11) is 1.86. The molecule has 3 atom stereocenters. The van der Waals surface area contributed by atoms with E-state index in [0.717, 1.165) is 49.0 Å². The lowest BCUT2D eigenvalue weighted by Gasteiger charge is -2.54. The standard InChI is InChI=1S/C27H36N4O5/c1-16-13-27(14-31(15-27)25(34)36-26(2,3)4)11-10-21(16)35-17-6-7-18-20(12-17)30(5)29-23(18)19-8-9-22(32)28-24(19)33/h6-7,12,16,19,21H,8-11,13-15H2,1-5H3,(H,28,32,33)/t16-,19?,21-/m0/s1. The quantitative estimate of drug-likeness (QED) is 0.647. The average Bonchev–Trinajstić information content (AvgIpc) is 3.08. The van der Waals surface area contributed by atoms with Gasteiger partial charge in [-0.2, -0.15) is 5.10 Å². The van der Waals surface area contributed by atoms with E-state index in [-0.39, 0.29) is 29.4 Å². The number of carbonyl (C=O) groups excluding carboxylic acids is 3. The van der Waals surface area contributed by atoms with Crippen LogP contribution in [0.4, 0.5) is 4.79 Å². The summed E-state index contributed by atoms with van der Waals surface area (Å²) in [6.07, 6.45) is 3.66. The highest BCUT2D eigenvalue weighted by Crippen LogP contribution is 2.47. The van der Waals surface area contributed by atoms with Gasteiger partial charge in [0.1, 0.15) is 17.5 Å². The Bertz CT molecular complexity index is 1210. The highest BCUT2D eigenvalue weighted by Gasteiger charge is 2.50. The predicted octanol–water partition coefficient (Wildman–Crippen LogP) is 3.90. The van der Waals surface area contributed by atoms with Crippen molar-refractivity contribution in [2.75, 3.05) is 13.1 Å². The molecular weight excluding hydrogens is 460 g/mol. The molecule has 1 saturated carbocycles. The number of hydrogen-bond acceptors (Lipinski definition) is 6. The summed E-state index contributed by atoms with van der Waals surface area (Å²) in [6, 6.07) is 5.91. The second-order valence-corrected chi connectivity index (χ2v) is 11.9. The average molecular weight is 497 g/mol. The van der Waals surface area contributed by atoms with Crippen LogP contribution in [0.3, 0.4) is 0 Å². The van der Waals surface area contributed by atoms with Crippen LogP contribution in [0.5, 0.6) is 5.75 Å². The molecule has 1 aromatic heterocycles. The van der Waals surface area contributed by atoms with Gasteiger partial charge < -0.3 is 14.4 Å². The third-order valence-corrected chi connectivity index (χ3v) is 7.76. The van der Waals surface area contributed by atoms with Gasteiger partial charge in [0.05, 0.1) is 17.1 Å². The minimum atomic E-state index is -0.476. The predicted molar refractivity (Wildman–Crippen MR) is 134 cm³/mol. The van der Waals surface area contributed by atoms with Gasteiger partial charge in [0.2, 0.25) is 11.8 Å². The lowest BCUT2D eigenvalue weighted by molar-refractivity contribution is -0.134. The van der Waals surface area contributed by atoms with Crippen LogP contribution in [0.15, 0.2) is 18.2 Å². The highest BCUT2D eigenvalue weighted by atomic mass is 16.6. The maximum atomic E-state index is 12.4. The smallest absolute Gasteiger partial charge is 0.410 e. The number of hydrogen-bond donors (Lipinski definition) is 1. The number of aromatic nitrogens is 2. The summed E-state index contributed by atoms with van der Waals surface area (Å²) >= 11 is 0. The van der Waals surface area contributed by atoms with Gasteiger partial charge in [-0.3, -0.25) is 19.6 Å². The van der Waals surface area contributed by atoms with Crippen molar-refractivity contribution in [1.29, 1.82) is 0 Å². The highest BCUT2D eigenvalue weighted by molar-refractivity contribution is 6.02. The Morgan fingerprint density at radius 1 is 1.19 bits per heavy atom. The number of likely N-dealkylation sites (tertiary alicyclic amines) is 1. The SMILES string of the molecule is C[C@H]1CC2(CC[C@@H]1Oc1ccc3c(C4CCC(=O)NC4=O)nn(C)c3c1)CN(C(=O)OC(C)(C)C)C2. The number of imide groups is 1. The number of ether oxygens (including phenoxy) is 2. The number of aryl methyl sites for hydroxylation is 1. The summed E-state index contributed by atoms with van der Waals surface area (Å²) < 4.78 is 13.7. The summed E-state index contributed by atoms with van der Waals surface area (Å²) in [5.41, 5.74) is 1.30.